The highest BCUT2D eigenvalue weighted by Crippen LogP contribution is 2.43. The second-order valence-electron chi connectivity index (χ2n) is 6.95. The third kappa shape index (κ3) is 4.87. The summed E-state index contributed by atoms with van der Waals surface area (Å²) < 4.78 is 6.70. The molecule has 0 aliphatic heterocycles. The van der Waals surface area contributed by atoms with Crippen LogP contribution in [0.2, 0.25) is 16.6 Å². The Morgan fingerprint density at radius 3 is 1.63 bits per heavy atom. The van der Waals surface area contributed by atoms with Gasteiger partial charge in [-0.15, -0.1) is 0 Å². The summed E-state index contributed by atoms with van der Waals surface area (Å²) in [7, 11) is -1.77. The maximum atomic E-state index is 6.70. The second-order valence-corrected chi connectivity index (χ2v) is 12.4. The lowest BCUT2D eigenvalue weighted by molar-refractivity contribution is 0.157. The van der Waals surface area contributed by atoms with E-state index in [1.54, 1.807) is 0 Å². The lowest BCUT2D eigenvalue weighted by Gasteiger charge is -2.45. The van der Waals surface area contributed by atoms with Crippen LogP contribution in [-0.2, 0) is 4.43 Å². The van der Waals surface area contributed by atoms with Crippen molar-refractivity contribution < 1.29 is 4.43 Å². The Labute approximate surface area is 122 Å². The normalized spacial score (nSPS) is 16.4. The van der Waals surface area contributed by atoms with Crippen molar-refractivity contribution in [1.29, 1.82) is 0 Å². The molecule has 0 saturated heterocycles. The maximum Gasteiger partial charge on any atom is 0.200 e. The molecule has 0 aromatic rings. The number of nitrogens with two attached hydrogens (primary N) is 1. The van der Waals surface area contributed by atoms with Gasteiger partial charge in [-0.1, -0.05) is 61.3 Å². The average molecular weight is 288 g/mol. The van der Waals surface area contributed by atoms with Gasteiger partial charge in [0.25, 0.3) is 0 Å². The van der Waals surface area contributed by atoms with Crippen molar-refractivity contribution in [3.05, 3.63) is 0 Å². The smallest absolute Gasteiger partial charge is 0.200 e. The number of rotatable bonds is 9. The molecule has 0 bridgehead atoms. The quantitative estimate of drug-likeness (QED) is 0.600. The van der Waals surface area contributed by atoms with Crippen molar-refractivity contribution in [1.82, 2.24) is 0 Å². The molecule has 2 nitrogen and oxygen atoms in total. The highest BCUT2D eigenvalue weighted by Gasteiger charge is 2.46. The number of hydrogen-bond acceptors (Lipinski definition) is 2. The fourth-order valence-corrected chi connectivity index (χ4v) is 9.13. The number of hydrogen-bond donors (Lipinski definition) is 1. The van der Waals surface area contributed by atoms with Crippen LogP contribution in [-0.4, -0.2) is 20.5 Å². The van der Waals surface area contributed by atoms with Crippen LogP contribution in [0.4, 0.5) is 0 Å². The van der Waals surface area contributed by atoms with Gasteiger partial charge in [0, 0.05) is 6.04 Å². The van der Waals surface area contributed by atoms with Crippen LogP contribution in [0, 0.1) is 0 Å². The van der Waals surface area contributed by atoms with E-state index >= 15 is 0 Å². The van der Waals surface area contributed by atoms with Gasteiger partial charge in [0.05, 0.1) is 6.10 Å². The Morgan fingerprint density at radius 1 is 0.895 bits per heavy atom. The Balaban J connectivity index is 4.91. The molecule has 2 N–H and O–H groups in total. The van der Waals surface area contributed by atoms with Crippen molar-refractivity contribution in [2.45, 2.75) is 103 Å². The van der Waals surface area contributed by atoms with Crippen LogP contribution >= 0.6 is 0 Å². The first kappa shape index (κ1) is 19.1. The van der Waals surface area contributed by atoms with Gasteiger partial charge in [-0.25, -0.2) is 0 Å². The van der Waals surface area contributed by atoms with E-state index < -0.39 is 8.32 Å². The standard InChI is InChI=1S/C16H37NOSi/c1-9-10-11-16(17)15(8)18-19(12(2)3,13(4)5)14(6)7/h12-16H,9-11,17H2,1-8H3/t15-,16+/m0/s1. The van der Waals surface area contributed by atoms with E-state index in [4.69, 9.17) is 10.2 Å². The minimum Gasteiger partial charge on any atom is -0.412 e. The second kappa shape index (κ2) is 8.43. The van der Waals surface area contributed by atoms with Gasteiger partial charge in [-0.05, 0) is 30.0 Å². The molecule has 0 aliphatic carbocycles. The highest BCUT2D eigenvalue weighted by atomic mass is 28.4. The number of unbranched alkanes of at least 4 members (excludes halogenated alkanes) is 1. The summed E-state index contributed by atoms with van der Waals surface area (Å²) in [5, 5.41) is 0. The van der Waals surface area contributed by atoms with Crippen molar-refractivity contribution >= 4 is 8.32 Å². The predicted octanol–water partition coefficient (Wildman–Crippen LogP) is 5.08. The van der Waals surface area contributed by atoms with E-state index in [0.29, 0.717) is 16.6 Å². The average Bonchev–Trinajstić information content (AvgIpc) is 2.30. The van der Waals surface area contributed by atoms with E-state index in [0.717, 1.165) is 6.42 Å². The molecule has 116 valence electrons. The molecule has 0 aliphatic rings. The van der Waals surface area contributed by atoms with E-state index in [1.165, 1.54) is 12.8 Å². The van der Waals surface area contributed by atoms with Crippen molar-refractivity contribution in [2.75, 3.05) is 0 Å². The summed E-state index contributed by atoms with van der Waals surface area (Å²) in [5.74, 6) is 0. The van der Waals surface area contributed by atoms with E-state index in [1.807, 2.05) is 0 Å². The third-order valence-electron chi connectivity index (χ3n) is 4.59. The van der Waals surface area contributed by atoms with Gasteiger partial charge in [0.15, 0.2) is 0 Å². The van der Waals surface area contributed by atoms with Crippen LogP contribution in [0.1, 0.15) is 74.7 Å². The third-order valence-corrected chi connectivity index (χ3v) is 10.8. The van der Waals surface area contributed by atoms with Crippen LogP contribution in [0.5, 0.6) is 0 Å². The fourth-order valence-electron chi connectivity index (χ4n) is 3.49. The van der Waals surface area contributed by atoms with Gasteiger partial charge in [-0.2, -0.15) is 0 Å². The van der Waals surface area contributed by atoms with E-state index in [2.05, 4.69) is 55.4 Å². The zero-order valence-electron chi connectivity index (χ0n) is 14.5. The first-order valence-electron chi connectivity index (χ1n) is 8.13. The Morgan fingerprint density at radius 2 is 1.32 bits per heavy atom. The van der Waals surface area contributed by atoms with Crippen LogP contribution in [0.3, 0.4) is 0 Å². The Bertz CT molecular complexity index is 219. The molecule has 0 spiro atoms. The molecule has 0 amide bonds. The molecule has 0 fully saturated rings. The Hall–Kier alpha value is 0.137. The van der Waals surface area contributed by atoms with Crippen molar-refractivity contribution in [2.24, 2.45) is 5.73 Å². The topological polar surface area (TPSA) is 35.2 Å². The highest BCUT2D eigenvalue weighted by molar-refractivity contribution is 6.77. The first-order valence-corrected chi connectivity index (χ1v) is 10.3. The molecule has 19 heavy (non-hydrogen) atoms. The van der Waals surface area contributed by atoms with Crippen molar-refractivity contribution in [3.63, 3.8) is 0 Å². The minimum atomic E-state index is -1.77. The van der Waals surface area contributed by atoms with Gasteiger partial charge < -0.3 is 10.2 Å². The van der Waals surface area contributed by atoms with Crippen molar-refractivity contribution in [3.8, 4) is 0 Å². The monoisotopic (exact) mass is 287 g/mol. The molecule has 0 aromatic carbocycles. The zero-order chi connectivity index (χ0) is 15.2. The molecule has 3 heteroatoms. The lowest BCUT2D eigenvalue weighted by Crippen LogP contribution is -2.52. The molecule has 0 saturated carbocycles. The summed E-state index contributed by atoms with van der Waals surface area (Å²) in [6.45, 7) is 18.4. The van der Waals surface area contributed by atoms with E-state index in [-0.39, 0.29) is 12.1 Å². The predicted molar refractivity (Wildman–Crippen MR) is 89.1 cm³/mol. The molecular formula is C16H37NOSi. The molecule has 0 unspecified atom stereocenters. The molecule has 2 atom stereocenters. The molecule has 0 aromatic heterocycles. The van der Waals surface area contributed by atoms with E-state index in [9.17, 15) is 0 Å². The summed E-state index contributed by atoms with van der Waals surface area (Å²) >= 11 is 0. The largest absolute Gasteiger partial charge is 0.412 e. The summed E-state index contributed by atoms with van der Waals surface area (Å²) in [4.78, 5) is 0. The Kier molecular flexibility index (Phi) is 8.49. The minimum absolute atomic E-state index is 0.183. The van der Waals surface area contributed by atoms with Crippen LogP contribution < -0.4 is 5.73 Å². The first-order chi connectivity index (χ1) is 8.70. The molecule has 0 heterocycles. The SMILES string of the molecule is CCCC[C@@H](N)[C@H](C)O[Si](C(C)C)(C(C)C)C(C)C. The van der Waals surface area contributed by atoms with Gasteiger partial charge in [0.1, 0.15) is 0 Å². The van der Waals surface area contributed by atoms with Gasteiger partial charge in [-0.3, -0.25) is 0 Å². The van der Waals surface area contributed by atoms with Crippen LogP contribution in [0.15, 0.2) is 0 Å². The van der Waals surface area contributed by atoms with Crippen LogP contribution in [0.25, 0.3) is 0 Å². The zero-order valence-corrected chi connectivity index (χ0v) is 15.5. The summed E-state index contributed by atoms with van der Waals surface area (Å²) in [6.07, 6.45) is 3.68. The molecule has 0 rings (SSSR count). The van der Waals surface area contributed by atoms with Gasteiger partial charge >= 0.3 is 0 Å². The summed E-state index contributed by atoms with van der Waals surface area (Å²) in [5.41, 5.74) is 8.21. The van der Waals surface area contributed by atoms with Gasteiger partial charge in [0.2, 0.25) is 8.32 Å². The molecule has 0 radical (unpaired) electrons. The lowest BCUT2D eigenvalue weighted by atomic mass is 10.1. The summed E-state index contributed by atoms with van der Waals surface area (Å²) in [6, 6.07) is 0.183. The maximum absolute atomic E-state index is 6.70. The fraction of sp³-hybridized carbons (Fsp3) is 1.00. The molecular weight excluding hydrogens is 250 g/mol.